The van der Waals surface area contributed by atoms with Crippen molar-refractivity contribution in [3.8, 4) is 11.8 Å². The van der Waals surface area contributed by atoms with E-state index < -0.39 is 5.82 Å². The van der Waals surface area contributed by atoms with E-state index in [1.807, 2.05) is 0 Å². The zero-order valence-corrected chi connectivity index (χ0v) is 11.5. The number of nitrogens with zero attached hydrogens (tertiary/aromatic N) is 1. The molecule has 1 aromatic rings. The predicted molar refractivity (Wildman–Crippen MR) is 74.2 cm³/mol. The molecule has 0 radical (unpaired) electrons. The summed E-state index contributed by atoms with van der Waals surface area (Å²) in [6, 6.07) is 4.26. The Hall–Kier alpha value is -1.90. The highest BCUT2D eigenvalue weighted by Crippen LogP contribution is 2.27. The van der Waals surface area contributed by atoms with Crippen molar-refractivity contribution in [2.24, 2.45) is 0 Å². The minimum atomic E-state index is -0.543. The average Bonchev–Trinajstić information content (AvgIpc) is 2.83. The smallest absolute Gasteiger partial charge is 0.254 e. The molecular formula is C16H16FNO3. The topological polar surface area (TPSA) is 49.8 Å². The van der Waals surface area contributed by atoms with Crippen LogP contribution in [-0.4, -0.2) is 47.8 Å². The largest absolute Gasteiger partial charge is 0.384 e. The molecule has 0 aliphatic carbocycles. The number of carbonyl (C=O) groups excluding carboxylic acids is 1. The summed E-state index contributed by atoms with van der Waals surface area (Å²) in [5, 5.41) is 8.62. The van der Waals surface area contributed by atoms with E-state index in [9.17, 15) is 9.18 Å². The molecule has 4 nitrogen and oxygen atoms in total. The first-order valence-electron chi connectivity index (χ1n) is 7.01. The lowest BCUT2D eigenvalue weighted by Crippen LogP contribution is -2.45. The fraction of sp³-hybridized carbons (Fsp3) is 0.438. The molecule has 0 aromatic heterocycles. The summed E-state index contributed by atoms with van der Waals surface area (Å²) in [5.74, 6) is 4.19. The van der Waals surface area contributed by atoms with Crippen LogP contribution in [0.5, 0.6) is 0 Å². The Morgan fingerprint density at radius 1 is 1.38 bits per heavy atom. The molecule has 2 saturated heterocycles. The molecule has 0 spiro atoms. The van der Waals surface area contributed by atoms with E-state index in [1.54, 1.807) is 11.0 Å². The SMILES string of the molecule is O=C(c1ccc(C#CCO)c(F)c1)N1CC2CCC(C1)O2. The molecule has 2 atom stereocenters. The zero-order valence-electron chi connectivity index (χ0n) is 11.5. The Bertz CT molecular complexity index is 608. The van der Waals surface area contributed by atoms with Crippen molar-refractivity contribution in [2.45, 2.75) is 25.0 Å². The van der Waals surface area contributed by atoms with Gasteiger partial charge < -0.3 is 14.7 Å². The number of carbonyl (C=O) groups is 1. The number of fused-ring (bicyclic) bond motifs is 2. The summed E-state index contributed by atoms with van der Waals surface area (Å²) in [6.45, 7) is 0.822. The first-order valence-corrected chi connectivity index (χ1v) is 7.01. The Morgan fingerprint density at radius 2 is 2.10 bits per heavy atom. The molecule has 0 saturated carbocycles. The van der Waals surface area contributed by atoms with Gasteiger partial charge in [0.2, 0.25) is 0 Å². The summed E-state index contributed by atoms with van der Waals surface area (Å²) < 4.78 is 19.6. The van der Waals surface area contributed by atoms with Gasteiger partial charge in [-0.25, -0.2) is 4.39 Å². The number of hydrogen-bond donors (Lipinski definition) is 1. The maximum absolute atomic E-state index is 13.9. The van der Waals surface area contributed by atoms with E-state index in [0.29, 0.717) is 18.7 Å². The third-order valence-corrected chi connectivity index (χ3v) is 3.85. The van der Waals surface area contributed by atoms with E-state index in [4.69, 9.17) is 9.84 Å². The van der Waals surface area contributed by atoms with E-state index in [2.05, 4.69) is 11.8 Å². The van der Waals surface area contributed by atoms with Gasteiger partial charge in [0.1, 0.15) is 12.4 Å². The summed E-state index contributed by atoms with van der Waals surface area (Å²) in [7, 11) is 0. The Morgan fingerprint density at radius 3 is 2.71 bits per heavy atom. The number of rotatable bonds is 1. The highest BCUT2D eigenvalue weighted by molar-refractivity contribution is 5.94. The average molecular weight is 289 g/mol. The van der Waals surface area contributed by atoms with Crippen LogP contribution in [0.15, 0.2) is 18.2 Å². The lowest BCUT2D eigenvalue weighted by Gasteiger charge is -2.32. The minimum Gasteiger partial charge on any atom is -0.384 e. The van der Waals surface area contributed by atoms with Crippen molar-refractivity contribution in [1.29, 1.82) is 0 Å². The van der Waals surface area contributed by atoms with Crippen LogP contribution in [0.1, 0.15) is 28.8 Å². The number of aliphatic hydroxyl groups excluding tert-OH is 1. The molecule has 2 bridgehead atoms. The number of hydrogen-bond acceptors (Lipinski definition) is 3. The number of amides is 1. The van der Waals surface area contributed by atoms with Crippen LogP contribution in [0.2, 0.25) is 0 Å². The number of likely N-dealkylation sites (tertiary alicyclic amines) is 1. The molecule has 2 unspecified atom stereocenters. The van der Waals surface area contributed by atoms with Gasteiger partial charge in [-0.3, -0.25) is 4.79 Å². The van der Waals surface area contributed by atoms with Crippen LogP contribution in [-0.2, 0) is 4.74 Å². The third kappa shape index (κ3) is 2.92. The predicted octanol–water partition coefficient (Wildman–Crippen LogP) is 1.17. The Labute approximate surface area is 122 Å². The minimum absolute atomic E-state index is 0.118. The number of ether oxygens (including phenoxy) is 1. The first kappa shape index (κ1) is 14.1. The van der Waals surface area contributed by atoms with Gasteiger partial charge in [0.15, 0.2) is 0 Å². The second kappa shape index (κ2) is 5.84. The Balaban J connectivity index is 1.77. The van der Waals surface area contributed by atoms with Gasteiger partial charge in [-0.1, -0.05) is 11.8 Å². The monoisotopic (exact) mass is 289 g/mol. The van der Waals surface area contributed by atoms with Gasteiger partial charge in [-0.05, 0) is 31.0 Å². The van der Waals surface area contributed by atoms with Crippen LogP contribution < -0.4 is 0 Å². The van der Waals surface area contributed by atoms with Crippen molar-refractivity contribution < 1.29 is 19.0 Å². The fourth-order valence-corrected chi connectivity index (χ4v) is 2.85. The highest BCUT2D eigenvalue weighted by atomic mass is 19.1. The molecule has 2 fully saturated rings. The van der Waals surface area contributed by atoms with Crippen LogP contribution in [0, 0.1) is 17.7 Å². The van der Waals surface area contributed by atoms with Crippen LogP contribution >= 0.6 is 0 Å². The molecule has 3 rings (SSSR count). The number of morpholine rings is 1. The maximum atomic E-state index is 13.9. The second-order valence-corrected chi connectivity index (χ2v) is 5.32. The molecule has 110 valence electrons. The molecule has 2 aliphatic rings. The van der Waals surface area contributed by atoms with Gasteiger partial charge in [0.05, 0.1) is 17.8 Å². The van der Waals surface area contributed by atoms with Crippen molar-refractivity contribution >= 4 is 5.91 Å². The van der Waals surface area contributed by atoms with Gasteiger partial charge in [0, 0.05) is 18.7 Å². The van der Waals surface area contributed by atoms with Crippen molar-refractivity contribution in [2.75, 3.05) is 19.7 Å². The number of benzene rings is 1. The molecule has 5 heteroatoms. The van der Waals surface area contributed by atoms with E-state index >= 15 is 0 Å². The van der Waals surface area contributed by atoms with Crippen molar-refractivity contribution in [3.63, 3.8) is 0 Å². The van der Waals surface area contributed by atoms with Crippen molar-refractivity contribution in [3.05, 3.63) is 35.1 Å². The van der Waals surface area contributed by atoms with E-state index in [1.165, 1.54) is 12.1 Å². The van der Waals surface area contributed by atoms with Gasteiger partial charge in [-0.15, -0.1) is 0 Å². The molecule has 1 amide bonds. The van der Waals surface area contributed by atoms with Crippen LogP contribution in [0.25, 0.3) is 0 Å². The first-order chi connectivity index (χ1) is 10.2. The van der Waals surface area contributed by atoms with E-state index in [0.717, 1.165) is 12.8 Å². The molecule has 2 heterocycles. The zero-order chi connectivity index (χ0) is 14.8. The fourth-order valence-electron chi connectivity index (χ4n) is 2.85. The van der Waals surface area contributed by atoms with Gasteiger partial charge in [0.25, 0.3) is 5.91 Å². The normalized spacial score (nSPS) is 23.6. The number of aliphatic hydroxyl groups is 1. The van der Waals surface area contributed by atoms with Gasteiger partial charge >= 0.3 is 0 Å². The summed E-state index contributed by atoms with van der Waals surface area (Å²) >= 11 is 0. The molecule has 1 N–H and O–H groups in total. The molecule has 21 heavy (non-hydrogen) atoms. The Kier molecular flexibility index (Phi) is 3.91. The molecular weight excluding hydrogens is 273 g/mol. The quantitative estimate of drug-likeness (QED) is 0.790. The number of halogens is 1. The summed E-state index contributed by atoms with van der Waals surface area (Å²) in [5.41, 5.74) is 0.506. The standard InChI is InChI=1S/C16H16FNO3/c17-15-8-12(4-3-11(15)2-1-7-19)16(20)18-9-13-5-6-14(10-18)21-13/h3-4,8,13-14,19H,5-7,9-10H2. The lowest BCUT2D eigenvalue weighted by molar-refractivity contribution is -0.0303. The third-order valence-electron chi connectivity index (χ3n) is 3.85. The molecule has 1 aromatic carbocycles. The van der Waals surface area contributed by atoms with E-state index in [-0.39, 0.29) is 30.3 Å². The van der Waals surface area contributed by atoms with Gasteiger partial charge in [-0.2, -0.15) is 0 Å². The van der Waals surface area contributed by atoms with Crippen molar-refractivity contribution in [1.82, 2.24) is 4.90 Å². The van der Waals surface area contributed by atoms with Crippen LogP contribution in [0.4, 0.5) is 4.39 Å². The second-order valence-electron chi connectivity index (χ2n) is 5.32. The maximum Gasteiger partial charge on any atom is 0.254 e. The molecule has 2 aliphatic heterocycles. The van der Waals surface area contributed by atoms with Crippen LogP contribution in [0.3, 0.4) is 0 Å². The lowest BCUT2D eigenvalue weighted by atomic mass is 10.1. The highest BCUT2D eigenvalue weighted by Gasteiger charge is 2.36. The summed E-state index contributed by atoms with van der Waals surface area (Å²) in [4.78, 5) is 14.2. The summed E-state index contributed by atoms with van der Waals surface area (Å²) in [6.07, 6.45) is 2.20.